The minimum absolute atomic E-state index is 0.343. The zero-order chi connectivity index (χ0) is 10.8. The molecule has 0 amide bonds. The summed E-state index contributed by atoms with van der Waals surface area (Å²) in [5.41, 5.74) is 0.343. The van der Waals surface area contributed by atoms with Crippen molar-refractivity contribution in [2.45, 2.75) is 64.6 Å². The Hall–Kier alpha value is -0.0800. The van der Waals surface area contributed by atoms with E-state index < -0.39 is 0 Å². The molecule has 1 aliphatic rings. The predicted molar refractivity (Wildman–Crippen MR) is 62.6 cm³/mol. The highest BCUT2D eigenvalue weighted by Gasteiger charge is 2.30. The minimum atomic E-state index is 0.343. The first-order valence-electron chi connectivity index (χ1n) is 5.98. The highest BCUT2D eigenvalue weighted by Crippen LogP contribution is 2.21. The molecule has 1 heterocycles. The fourth-order valence-corrected chi connectivity index (χ4v) is 2.25. The van der Waals surface area contributed by atoms with Crippen molar-refractivity contribution in [3.05, 3.63) is 0 Å². The molecule has 0 aliphatic carbocycles. The molecule has 0 bridgehead atoms. The summed E-state index contributed by atoms with van der Waals surface area (Å²) < 4.78 is 0. The van der Waals surface area contributed by atoms with Gasteiger partial charge in [-0.1, -0.05) is 13.8 Å². The Morgan fingerprint density at radius 1 is 1.36 bits per heavy atom. The summed E-state index contributed by atoms with van der Waals surface area (Å²) in [6.07, 6.45) is 3.74. The van der Waals surface area contributed by atoms with Gasteiger partial charge in [-0.3, -0.25) is 0 Å². The monoisotopic (exact) mass is 198 g/mol. The summed E-state index contributed by atoms with van der Waals surface area (Å²) in [6.45, 7) is 10.4. The van der Waals surface area contributed by atoms with Crippen molar-refractivity contribution < 1.29 is 0 Å². The number of likely N-dealkylation sites (tertiary alicyclic amines) is 1. The van der Waals surface area contributed by atoms with Gasteiger partial charge in [0.15, 0.2) is 0 Å². The highest BCUT2D eigenvalue weighted by atomic mass is 15.2. The smallest absolute Gasteiger partial charge is 0.0214 e. The maximum atomic E-state index is 3.81. The van der Waals surface area contributed by atoms with Crippen LogP contribution in [0.1, 0.15) is 47.0 Å². The van der Waals surface area contributed by atoms with Gasteiger partial charge in [0.1, 0.15) is 0 Å². The van der Waals surface area contributed by atoms with Gasteiger partial charge in [0.2, 0.25) is 0 Å². The maximum absolute atomic E-state index is 3.81. The number of hydrogen-bond donors (Lipinski definition) is 1. The maximum Gasteiger partial charge on any atom is 0.0214 e. The second kappa shape index (κ2) is 4.63. The number of hydrogen-bond acceptors (Lipinski definition) is 2. The van der Waals surface area contributed by atoms with E-state index in [0.717, 1.165) is 6.04 Å². The molecule has 0 radical (unpaired) electrons. The summed E-state index contributed by atoms with van der Waals surface area (Å²) in [4.78, 5) is 2.45. The Labute approximate surface area is 89.1 Å². The van der Waals surface area contributed by atoms with Crippen molar-refractivity contribution in [2.75, 3.05) is 13.6 Å². The number of rotatable bonds is 4. The molecule has 84 valence electrons. The molecule has 1 N–H and O–H groups in total. The standard InChI is InChI=1S/C12H26N2/c1-6-12(4,7-2)13-11-8-10(3)14(5)9-11/h10-11,13H,6-9H2,1-5H3. The number of nitrogens with zero attached hydrogens (tertiary/aromatic N) is 1. The van der Waals surface area contributed by atoms with Gasteiger partial charge in [-0.05, 0) is 40.2 Å². The van der Waals surface area contributed by atoms with Crippen molar-refractivity contribution in [1.29, 1.82) is 0 Å². The van der Waals surface area contributed by atoms with E-state index in [4.69, 9.17) is 0 Å². The van der Waals surface area contributed by atoms with E-state index in [1.165, 1.54) is 25.8 Å². The van der Waals surface area contributed by atoms with Gasteiger partial charge in [0, 0.05) is 24.2 Å². The van der Waals surface area contributed by atoms with Crippen LogP contribution < -0.4 is 5.32 Å². The van der Waals surface area contributed by atoms with Crippen LogP contribution in [0.2, 0.25) is 0 Å². The Morgan fingerprint density at radius 3 is 2.29 bits per heavy atom. The molecular formula is C12H26N2. The van der Waals surface area contributed by atoms with Gasteiger partial charge in [-0.25, -0.2) is 0 Å². The summed E-state index contributed by atoms with van der Waals surface area (Å²) in [6, 6.07) is 1.44. The highest BCUT2D eigenvalue weighted by molar-refractivity contribution is 4.91. The lowest BCUT2D eigenvalue weighted by Gasteiger charge is -2.32. The second-order valence-electron chi connectivity index (χ2n) is 5.13. The van der Waals surface area contributed by atoms with Crippen molar-refractivity contribution in [2.24, 2.45) is 0 Å². The summed E-state index contributed by atoms with van der Waals surface area (Å²) in [5.74, 6) is 0. The zero-order valence-corrected chi connectivity index (χ0v) is 10.4. The summed E-state index contributed by atoms with van der Waals surface area (Å²) >= 11 is 0. The van der Waals surface area contributed by atoms with Crippen LogP contribution in [-0.2, 0) is 0 Å². The Kier molecular flexibility index (Phi) is 3.96. The lowest BCUT2D eigenvalue weighted by atomic mass is 9.94. The van der Waals surface area contributed by atoms with Gasteiger partial charge in [-0.15, -0.1) is 0 Å². The molecule has 1 rings (SSSR count). The molecule has 2 heteroatoms. The first-order chi connectivity index (χ1) is 6.50. The minimum Gasteiger partial charge on any atom is -0.307 e. The second-order valence-corrected chi connectivity index (χ2v) is 5.13. The van der Waals surface area contributed by atoms with E-state index in [-0.39, 0.29) is 0 Å². The topological polar surface area (TPSA) is 15.3 Å². The molecule has 2 atom stereocenters. The summed E-state index contributed by atoms with van der Waals surface area (Å²) in [5, 5.41) is 3.81. The molecule has 0 aromatic rings. The lowest BCUT2D eigenvalue weighted by molar-refractivity contribution is 0.282. The Balaban J connectivity index is 2.45. The molecule has 0 saturated carbocycles. The molecular weight excluding hydrogens is 172 g/mol. The summed E-state index contributed by atoms with van der Waals surface area (Å²) in [7, 11) is 2.22. The average molecular weight is 198 g/mol. The molecule has 2 unspecified atom stereocenters. The van der Waals surface area contributed by atoms with Crippen molar-refractivity contribution in [3.8, 4) is 0 Å². The van der Waals surface area contributed by atoms with Gasteiger partial charge in [0.25, 0.3) is 0 Å². The Morgan fingerprint density at radius 2 is 1.93 bits per heavy atom. The third-order valence-electron chi connectivity index (χ3n) is 4.00. The van der Waals surface area contributed by atoms with Gasteiger partial charge >= 0.3 is 0 Å². The van der Waals surface area contributed by atoms with Crippen LogP contribution in [0.25, 0.3) is 0 Å². The third-order valence-corrected chi connectivity index (χ3v) is 4.00. The van der Waals surface area contributed by atoms with Gasteiger partial charge < -0.3 is 10.2 Å². The van der Waals surface area contributed by atoms with E-state index >= 15 is 0 Å². The fourth-order valence-electron chi connectivity index (χ4n) is 2.25. The first-order valence-corrected chi connectivity index (χ1v) is 5.98. The molecule has 14 heavy (non-hydrogen) atoms. The number of likely N-dealkylation sites (N-methyl/N-ethyl adjacent to an activating group) is 1. The third kappa shape index (κ3) is 2.71. The van der Waals surface area contributed by atoms with Crippen LogP contribution in [0.4, 0.5) is 0 Å². The molecule has 0 spiro atoms. The first kappa shape index (κ1) is 12.0. The molecule has 1 aliphatic heterocycles. The van der Waals surface area contributed by atoms with Gasteiger partial charge in [0.05, 0.1) is 0 Å². The van der Waals surface area contributed by atoms with E-state index in [9.17, 15) is 0 Å². The SMILES string of the molecule is CCC(C)(CC)NC1CC(C)N(C)C1. The molecule has 2 nitrogen and oxygen atoms in total. The van der Waals surface area contributed by atoms with Crippen molar-refractivity contribution in [1.82, 2.24) is 10.2 Å². The van der Waals surface area contributed by atoms with E-state index in [0.29, 0.717) is 11.6 Å². The average Bonchev–Trinajstić information content (AvgIpc) is 2.45. The molecule has 1 fully saturated rings. The van der Waals surface area contributed by atoms with E-state index in [1.807, 2.05) is 0 Å². The van der Waals surface area contributed by atoms with Crippen LogP contribution >= 0.6 is 0 Å². The predicted octanol–water partition coefficient (Wildman–Crippen LogP) is 2.25. The largest absolute Gasteiger partial charge is 0.307 e. The fraction of sp³-hybridized carbons (Fsp3) is 1.00. The Bertz CT molecular complexity index is 165. The van der Waals surface area contributed by atoms with Crippen LogP contribution in [0, 0.1) is 0 Å². The van der Waals surface area contributed by atoms with Crippen LogP contribution in [-0.4, -0.2) is 36.1 Å². The van der Waals surface area contributed by atoms with E-state index in [1.54, 1.807) is 0 Å². The van der Waals surface area contributed by atoms with Crippen molar-refractivity contribution >= 4 is 0 Å². The van der Waals surface area contributed by atoms with Crippen LogP contribution in [0.3, 0.4) is 0 Å². The van der Waals surface area contributed by atoms with E-state index in [2.05, 4.69) is 45.0 Å². The van der Waals surface area contributed by atoms with Crippen molar-refractivity contribution in [3.63, 3.8) is 0 Å². The zero-order valence-electron chi connectivity index (χ0n) is 10.4. The molecule has 0 aromatic heterocycles. The van der Waals surface area contributed by atoms with Crippen LogP contribution in [0.5, 0.6) is 0 Å². The van der Waals surface area contributed by atoms with Crippen LogP contribution in [0.15, 0.2) is 0 Å². The normalized spacial score (nSPS) is 29.8. The van der Waals surface area contributed by atoms with Gasteiger partial charge in [-0.2, -0.15) is 0 Å². The molecule has 1 saturated heterocycles. The lowest BCUT2D eigenvalue weighted by Crippen LogP contribution is -2.48. The number of nitrogens with one attached hydrogen (secondary N) is 1. The molecule has 0 aromatic carbocycles. The quantitative estimate of drug-likeness (QED) is 0.745.